The molecule has 1 aromatic heterocycles. The highest BCUT2D eigenvalue weighted by Crippen LogP contribution is 2.45. The van der Waals surface area contributed by atoms with Crippen molar-refractivity contribution in [2.45, 2.75) is 56.8 Å². The number of carbonyl (C=O) groups is 1. The number of alkyl halides is 3. The van der Waals surface area contributed by atoms with Gasteiger partial charge < -0.3 is 10.1 Å². The SMILES string of the molecule is CCC1(NC(=O)c2cc(O[C@@H](C)C(F)(F)F)c(C3CC3)cn2)CSC1. The second-order valence-corrected chi connectivity index (χ2v) is 7.75. The van der Waals surface area contributed by atoms with Crippen molar-refractivity contribution < 1.29 is 22.7 Å². The molecule has 1 aromatic rings. The van der Waals surface area contributed by atoms with Gasteiger partial charge in [0, 0.05) is 29.3 Å². The zero-order chi connectivity index (χ0) is 18.2. The summed E-state index contributed by atoms with van der Waals surface area (Å²) >= 11 is 1.75. The first-order valence-corrected chi connectivity index (χ1v) is 9.53. The fourth-order valence-electron chi connectivity index (χ4n) is 2.65. The minimum Gasteiger partial charge on any atom is -0.481 e. The fourth-order valence-corrected chi connectivity index (χ4v) is 3.90. The third-order valence-electron chi connectivity index (χ3n) is 4.72. The lowest BCUT2D eigenvalue weighted by Gasteiger charge is -2.41. The van der Waals surface area contributed by atoms with E-state index in [4.69, 9.17) is 4.74 Å². The van der Waals surface area contributed by atoms with Crippen molar-refractivity contribution in [2.24, 2.45) is 0 Å². The average Bonchev–Trinajstić information content (AvgIpc) is 3.34. The molecule has 1 aliphatic carbocycles. The fraction of sp³-hybridized carbons (Fsp3) is 0.647. The molecule has 1 saturated carbocycles. The molecule has 1 N–H and O–H groups in total. The van der Waals surface area contributed by atoms with E-state index >= 15 is 0 Å². The van der Waals surface area contributed by atoms with Crippen molar-refractivity contribution in [2.75, 3.05) is 11.5 Å². The summed E-state index contributed by atoms with van der Waals surface area (Å²) in [5, 5.41) is 2.97. The van der Waals surface area contributed by atoms with Gasteiger partial charge in [-0.3, -0.25) is 9.78 Å². The molecule has 2 fully saturated rings. The number of amides is 1. The third-order valence-corrected chi connectivity index (χ3v) is 6.24. The molecule has 0 spiro atoms. The van der Waals surface area contributed by atoms with Crippen LogP contribution >= 0.6 is 11.8 Å². The Morgan fingerprint density at radius 1 is 1.48 bits per heavy atom. The second kappa shape index (κ2) is 6.70. The van der Waals surface area contributed by atoms with Crippen molar-refractivity contribution in [3.8, 4) is 5.75 Å². The number of aromatic nitrogens is 1. The van der Waals surface area contributed by atoms with Gasteiger partial charge in [0.05, 0.1) is 5.54 Å². The Bertz CT molecular complexity index is 652. The largest absolute Gasteiger partial charge is 0.481 e. The lowest BCUT2D eigenvalue weighted by atomic mass is 10.00. The molecule has 138 valence electrons. The van der Waals surface area contributed by atoms with E-state index in [0.29, 0.717) is 5.56 Å². The zero-order valence-corrected chi connectivity index (χ0v) is 15.0. The Morgan fingerprint density at radius 3 is 2.64 bits per heavy atom. The number of rotatable bonds is 6. The Kier molecular flexibility index (Phi) is 4.92. The van der Waals surface area contributed by atoms with Crippen LogP contribution in [0.2, 0.25) is 0 Å². The number of thioether (sulfide) groups is 1. The van der Waals surface area contributed by atoms with Gasteiger partial charge in [-0.15, -0.1) is 0 Å². The monoisotopic (exact) mass is 374 g/mol. The van der Waals surface area contributed by atoms with Crippen LogP contribution in [-0.2, 0) is 0 Å². The van der Waals surface area contributed by atoms with Crippen LogP contribution < -0.4 is 10.1 Å². The number of hydrogen-bond acceptors (Lipinski definition) is 4. The Labute approximate surface area is 148 Å². The molecule has 1 atom stereocenters. The van der Waals surface area contributed by atoms with Crippen molar-refractivity contribution in [1.29, 1.82) is 0 Å². The maximum Gasteiger partial charge on any atom is 0.425 e. The summed E-state index contributed by atoms with van der Waals surface area (Å²) in [6, 6.07) is 1.35. The minimum atomic E-state index is -4.46. The quantitative estimate of drug-likeness (QED) is 0.820. The van der Waals surface area contributed by atoms with E-state index in [9.17, 15) is 18.0 Å². The first-order chi connectivity index (χ1) is 11.7. The lowest BCUT2D eigenvalue weighted by molar-refractivity contribution is -0.189. The predicted molar refractivity (Wildman–Crippen MR) is 90.2 cm³/mol. The van der Waals surface area contributed by atoms with Crippen LogP contribution in [0.15, 0.2) is 12.3 Å². The summed E-state index contributed by atoms with van der Waals surface area (Å²) in [5.74, 6) is 1.59. The number of hydrogen-bond donors (Lipinski definition) is 1. The van der Waals surface area contributed by atoms with E-state index in [0.717, 1.165) is 37.7 Å². The molecule has 25 heavy (non-hydrogen) atoms. The smallest absolute Gasteiger partial charge is 0.425 e. The number of ether oxygens (including phenoxy) is 1. The van der Waals surface area contributed by atoms with Crippen molar-refractivity contribution >= 4 is 17.7 Å². The van der Waals surface area contributed by atoms with Gasteiger partial charge in [0.1, 0.15) is 11.4 Å². The molecule has 0 bridgehead atoms. The van der Waals surface area contributed by atoms with E-state index in [2.05, 4.69) is 10.3 Å². The normalized spacial score (nSPS) is 20.5. The Balaban J connectivity index is 1.81. The lowest BCUT2D eigenvalue weighted by Crippen LogP contribution is -2.57. The molecule has 8 heteroatoms. The van der Waals surface area contributed by atoms with Crippen molar-refractivity contribution in [3.63, 3.8) is 0 Å². The van der Waals surface area contributed by atoms with Crippen molar-refractivity contribution in [3.05, 3.63) is 23.5 Å². The summed E-state index contributed by atoms with van der Waals surface area (Å²) in [6.07, 6.45) is -2.30. The van der Waals surface area contributed by atoms with Gasteiger partial charge in [0.15, 0.2) is 6.10 Å². The number of pyridine rings is 1. The van der Waals surface area contributed by atoms with E-state index in [1.165, 1.54) is 12.3 Å². The number of nitrogens with one attached hydrogen (secondary N) is 1. The van der Waals surface area contributed by atoms with Crippen LogP contribution in [-0.4, -0.2) is 40.2 Å². The number of carbonyl (C=O) groups excluding carboxylic acids is 1. The third kappa shape index (κ3) is 4.04. The Hall–Kier alpha value is -1.44. The van der Waals surface area contributed by atoms with Crippen LogP contribution in [0.1, 0.15) is 55.1 Å². The molecular weight excluding hydrogens is 353 g/mol. The molecule has 2 aliphatic rings. The van der Waals surface area contributed by atoms with Crippen LogP contribution in [0.5, 0.6) is 5.75 Å². The zero-order valence-electron chi connectivity index (χ0n) is 14.2. The molecule has 0 unspecified atom stereocenters. The average molecular weight is 374 g/mol. The summed E-state index contributed by atoms with van der Waals surface area (Å²) < 4.78 is 43.7. The molecule has 4 nitrogen and oxygen atoms in total. The number of nitrogens with zero attached hydrogens (tertiary/aromatic N) is 1. The highest BCUT2D eigenvalue weighted by Gasteiger charge is 2.40. The second-order valence-electron chi connectivity index (χ2n) is 6.76. The minimum absolute atomic E-state index is 0.0958. The summed E-state index contributed by atoms with van der Waals surface area (Å²) in [7, 11) is 0. The highest BCUT2D eigenvalue weighted by atomic mass is 32.2. The van der Waals surface area contributed by atoms with Crippen molar-refractivity contribution in [1.82, 2.24) is 10.3 Å². The highest BCUT2D eigenvalue weighted by molar-refractivity contribution is 8.00. The van der Waals surface area contributed by atoms with Gasteiger partial charge in [0.2, 0.25) is 0 Å². The van der Waals surface area contributed by atoms with E-state index in [1.807, 2.05) is 6.92 Å². The standard InChI is InChI=1S/C17H21F3N2O2S/c1-3-16(8-25-9-16)22-15(23)13-6-14(24-10(2)17(18,19)20)12(7-21-13)11-4-5-11/h6-7,10-11H,3-5,8-9H2,1-2H3,(H,22,23)/t10-/m0/s1. The topological polar surface area (TPSA) is 51.2 Å². The first kappa shape index (κ1) is 18.4. The van der Waals surface area contributed by atoms with Crippen LogP contribution in [0, 0.1) is 0 Å². The van der Waals surface area contributed by atoms with E-state index in [1.54, 1.807) is 11.8 Å². The molecule has 0 aromatic carbocycles. The van der Waals surface area contributed by atoms with Gasteiger partial charge in [-0.1, -0.05) is 6.92 Å². The molecule has 1 aliphatic heterocycles. The van der Waals surface area contributed by atoms with Gasteiger partial charge in [-0.2, -0.15) is 24.9 Å². The molecule has 0 radical (unpaired) electrons. The molecular formula is C17H21F3N2O2S. The van der Waals surface area contributed by atoms with Crippen LogP contribution in [0.4, 0.5) is 13.2 Å². The van der Waals surface area contributed by atoms with E-state index in [-0.39, 0.29) is 28.8 Å². The molecule has 3 rings (SSSR count). The maximum absolute atomic E-state index is 12.8. The van der Waals surface area contributed by atoms with Crippen LogP contribution in [0.3, 0.4) is 0 Å². The van der Waals surface area contributed by atoms with Gasteiger partial charge in [0.25, 0.3) is 5.91 Å². The molecule has 1 amide bonds. The van der Waals surface area contributed by atoms with Crippen LogP contribution in [0.25, 0.3) is 0 Å². The molecule has 1 saturated heterocycles. The number of halogens is 3. The summed E-state index contributed by atoms with van der Waals surface area (Å²) in [6.45, 7) is 2.97. The van der Waals surface area contributed by atoms with E-state index < -0.39 is 12.3 Å². The van der Waals surface area contributed by atoms with Gasteiger partial charge >= 0.3 is 6.18 Å². The predicted octanol–water partition coefficient (Wildman–Crippen LogP) is 3.91. The summed E-state index contributed by atoms with van der Waals surface area (Å²) in [4.78, 5) is 16.6. The molecule has 2 heterocycles. The summed E-state index contributed by atoms with van der Waals surface area (Å²) in [5.41, 5.74) is 0.509. The Morgan fingerprint density at radius 2 is 2.16 bits per heavy atom. The maximum atomic E-state index is 12.8. The first-order valence-electron chi connectivity index (χ1n) is 8.38. The van der Waals surface area contributed by atoms with Gasteiger partial charge in [-0.25, -0.2) is 0 Å². The van der Waals surface area contributed by atoms with Gasteiger partial charge in [-0.05, 0) is 32.1 Å².